The Morgan fingerprint density at radius 1 is 0.579 bits per heavy atom. The Morgan fingerprint density at radius 3 is 1.00 bits per heavy atom. The molecule has 0 aliphatic carbocycles. The van der Waals surface area contributed by atoms with E-state index < -0.39 is 25.2 Å². The van der Waals surface area contributed by atoms with Crippen molar-refractivity contribution in [3.63, 3.8) is 0 Å². The molecular formula is C14H24O2Si3. The molecule has 0 rings (SSSR count). The van der Waals surface area contributed by atoms with Crippen molar-refractivity contribution in [2.75, 3.05) is 0 Å². The molecule has 19 heavy (non-hydrogen) atoms. The van der Waals surface area contributed by atoms with Crippen LogP contribution < -0.4 is 0 Å². The van der Waals surface area contributed by atoms with Crippen molar-refractivity contribution in [2.45, 2.75) is 13.1 Å². The van der Waals surface area contributed by atoms with Crippen molar-refractivity contribution in [3.05, 3.63) is 73.7 Å². The van der Waals surface area contributed by atoms with Crippen LogP contribution in [0.3, 0.4) is 0 Å². The lowest BCUT2D eigenvalue weighted by Gasteiger charge is -2.37. The van der Waals surface area contributed by atoms with Gasteiger partial charge < -0.3 is 8.23 Å². The lowest BCUT2D eigenvalue weighted by Crippen LogP contribution is -2.54. The van der Waals surface area contributed by atoms with Crippen LogP contribution in [0.1, 0.15) is 0 Å². The highest BCUT2D eigenvalue weighted by Gasteiger charge is 2.42. The number of hydrogen-bond donors (Lipinski definition) is 0. The zero-order valence-corrected chi connectivity index (χ0v) is 15.0. The zero-order chi connectivity index (χ0) is 15.2. The van der Waals surface area contributed by atoms with Gasteiger partial charge in [-0.25, -0.2) is 0 Å². The molecule has 0 aromatic heterocycles. The molecule has 0 fully saturated rings. The van der Waals surface area contributed by atoms with Crippen molar-refractivity contribution in [3.8, 4) is 0 Å². The molecular weight excluding hydrogens is 284 g/mol. The highest BCUT2D eigenvalue weighted by atomic mass is 28.5. The smallest absolute Gasteiger partial charge is 0.371 e. The Labute approximate surface area is 120 Å². The van der Waals surface area contributed by atoms with E-state index in [0.29, 0.717) is 0 Å². The highest BCUT2D eigenvalue weighted by Crippen LogP contribution is 2.24. The Morgan fingerprint density at radius 2 is 0.842 bits per heavy atom. The van der Waals surface area contributed by atoms with Gasteiger partial charge >= 0.3 is 8.56 Å². The summed E-state index contributed by atoms with van der Waals surface area (Å²) in [5.74, 6) is 0. The van der Waals surface area contributed by atoms with Gasteiger partial charge in [0.25, 0.3) is 0 Å². The van der Waals surface area contributed by atoms with Gasteiger partial charge in [0.2, 0.25) is 16.6 Å². The van der Waals surface area contributed by atoms with Crippen molar-refractivity contribution in [2.24, 2.45) is 0 Å². The van der Waals surface area contributed by atoms with Gasteiger partial charge in [-0.05, 0) is 24.5 Å². The third-order valence-electron chi connectivity index (χ3n) is 2.95. The quantitative estimate of drug-likeness (QED) is 0.569. The maximum absolute atomic E-state index is 6.24. The molecule has 0 aliphatic heterocycles. The standard InChI is InChI=1S/C14H24O2Si3/c1-9-17(7,10-2)15-19(13-5,14-6)16-18(8,11-3)12-4/h9-14H,1-6H2,7-8H3. The second-order valence-corrected chi connectivity index (χ2v) is 14.8. The lowest BCUT2D eigenvalue weighted by atomic mass is 11.2. The van der Waals surface area contributed by atoms with Crippen molar-refractivity contribution >= 4 is 25.2 Å². The number of rotatable bonds is 10. The largest absolute Gasteiger partial charge is 0.423 e. The molecule has 0 atom stereocenters. The summed E-state index contributed by atoms with van der Waals surface area (Å²) < 4.78 is 12.5. The lowest BCUT2D eigenvalue weighted by molar-refractivity contribution is 0.420. The summed E-state index contributed by atoms with van der Waals surface area (Å²) in [4.78, 5) is 0. The van der Waals surface area contributed by atoms with Gasteiger partial charge in [0.15, 0.2) is 0 Å². The molecule has 0 saturated carbocycles. The first kappa shape index (κ1) is 18.0. The fourth-order valence-electron chi connectivity index (χ4n) is 1.29. The second-order valence-electron chi connectivity index (χ2n) is 4.52. The maximum Gasteiger partial charge on any atom is 0.371 e. The summed E-state index contributed by atoms with van der Waals surface area (Å²) in [7, 11) is -7.18. The molecule has 0 saturated heterocycles. The molecule has 0 unspecified atom stereocenters. The molecule has 104 valence electrons. The summed E-state index contributed by atoms with van der Waals surface area (Å²) in [6, 6.07) is 0. The first-order chi connectivity index (χ1) is 8.78. The second kappa shape index (κ2) is 6.97. The monoisotopic (exact) mass is 308 g/mol. The van der Waals surface area contributed by atoms with Crippen molar-refractivity contribution < 1.29 is 8.23 Å². The molecule has 0 aromatic carbocycles. The average molecular weight is 309 g/mol. The minimum Gasteiger partial charge on any atom is -0.423 e. The van der Waals surface area contributed by atoms with Crippen LogP contribution in [-0.4, -0.2) is 25.2 Å². The maximum atomic E-state index is 6.24. The predicted molar refractivity (Wildman–Crippen MR) is 92.3 cm³/mol. The Kier molecular flexibility index (Phi) is 6.61. The van der Waals surface area contributed by atoms with Gasteiger partial charge in [-0.15, -0.1) is 39.5 Å². The zero-order valence-electron chi connectivity index (χ0n) is 12.0. The fraction of sp³-hybridized carbons (Fsp3) is 0.143. The van der Waals surface area contributed by atoms with Crippen LogP contribution in [0.15, 0.2) is 73.7 Å². The van der Waals surface area contributed by atoms with Crippen LogP contribution >= 0.6 is 0 Å². The van der Waals surface area contributed by atoms with E-state index in [-0.39, 0.29) is 0 Å². The van der Waals surface area contributed by atoms with Gasteiger partial charge in [0, 0.05) is 0 Å². The molecule has 0 bridgehead atoms. The van der Waals surface area contributed by atoms with Gasteiger partial charge in [-0.1, -0.05) is 22.8 Å². The molecule has 2 nitrogen and oxygen atoms in total. The van der Waals surface area contributed by atoms with E-state index in [2.05, 4.69) is 39.5 Å². The molecule has 0 heterocycles. The summed E-state index contributed by atoms with van der Waals surface area (Å²) >= 11 is 0. The van der Waals surface area contributed by atoms with E-state index in [1.807, 2.05) is 35.9 Å². The summed E-state index contributed by atoms with van der Waals surface area (Å²) in [5.41, 5.74) is 10.7. The normalized spacial score (nSPS) is 12.3. The van der Waals surface area contributed by atoms with E-state index in [4.69, 9.17) is 8.23 Å². The van der Waals surface area contributed by atoms with Crippen LogP contribution in [0.4, 0.5) is 0 Å². The Bertz CT molecular complexity index is 347. The predicted octanol–water partition coefficient (Wildman–Crippen LogP) is 3.96. The van der Waals surface area contributed by atoms with Gasteiger partial charge in [-0.2, -0.15) is 0 Å². The molecule has 0 amide bonds. The van der Waals surface area contributed by atoms with Crippen LogP contribution in [0.2, 0.25) is 13.1 Å². The van der Waals surface area contributed by atoms with Gasteiger partial charge in [0.1, 0.15) is 0 Å². The topological polar surface area (TPSA) is 18.5 Å². The van der Waals surface area contributed by atoms with Crippen LogP contribution in [0.25, 0.3) is 0 Å². The minimum atomic E-state index is -2.73. The van der Waals surface area contributed by atoms with E-state index in [1.165, 1.54) is 0 Å². The molecule has 0 spiro atoms. The van der Waals surface area contributed by atoms with E-state index >= 15 is 0 Å². The van der Waals surface area contributed by atoms with Crippen molar-refractivity contribution in [1.29, 1.82) is 0 Å². The summed E-state index contributed by atoms with van der Waals surface area (Å²) in [6.07, 6.45) is 0. The van der Waals surface area contributed by atoms with E-state index in [0.717, 1.165) is 0 Å². The van der Waals surface area contributed by atoms with Crippen LogP contribution in [-0.2, 0) is 8.23 Å². The first-order valence-electron chi connectivity index (χ1n) is 6.00. The average Bonchev–Trinajstić information content (AvgIpc) is 2.46. The van der Waals surface area contributed by atoms with Crippen LogP contribution in [0, 0.1) is 0 Å². The third-order valence-corrected chi connectivity index (χ3v) is 13.4. The molecule has 0 aliphatic rings. The summed E-state index contributed by atoms with van der Waals surface area (Å²) in [6.45, 7) is 27.0. The summed E-state index contributed by atoms with van der Waals surface area (Å²) in [5, 5.41) is 0. The van der Waals surface area contributed by atoms with E-state index in [1.54, 1.807) is 11.4 Å². The van der Waals surface area contributed by atoms with E-state index in [9.17, 15) is 0 Å². The molecule has 5 heteroatoms. The third kappa shape index (κ3) is 4.55. The molecule has 0 aromatic rings. The van der Waals surface area contributed by atoms with Crippen molar-refractivity contribution in [1.82, 2.24) is 0 Å². The van der Waals surface area contributed by atoms with Gasteiger partial charge in [-0.3, -0.25) is 0 Å². The first-order valence-corrected chi connectivity index (χ1v) is 13.1. The Balaban J connectivity index is 5.50. The minimum absolute atomic E-state index is 1.73. The SMILES string of the molecule is C=C[Si](C)(C=C)O[Si](C=C)(C=C)O[Si](C)(C=C)C=C. The highest BCUT2D eigenvalue weighted by molar-refractivity contribution is 6.98. The number of hydrogen-bond acceptors (Lipinski definition) is 2. The fourth-order valence-corrected chi connectivity index (χ4v) is 10.5. The Hall–Kier alpha value is -0.989. The van der Waals surface area contributed by atoms with Gasteiger partial charge in [0.05, 0.1) is 0 Å². The van der Waals surface area contributed by atoms with Crippen LogP contribution in [0.5, 0.6) is 0 Å². The molecule has 0 radical (unpaired) electrons. The molecule has 0 N–H and O–H groups in total.